The Morgan fingerprint density at radius 3 is 1.25 bits per heavy atom. The molecule has 4 aliphatic heterocycles. The number of nitrogens with one attached hydrogen (secondary N) is 3. The Kier molecular flexibility index (Phi) is 22.9. The average molecular weight is 1680 g/mol. The second-order valence-electron chi connectivity index (χ2n) is 32.9. The van der Waals surface area contributed by atoms with Gasteiger partial charge in [-0.1, -0.05) is 24.3 Å². The SMILES string of the molecule is CC(F)(F)c1cc2c(c(O[C@H]3C[C@@H](n4cc(F)c5c(N)ccnc54)[C@H](O)[C@@H]3O)c1)CNCC2.CN1Cc2cccc(O[C@H]3C[C@@H](n4cc(F)c5c(N)ccnc54)[C@H](O)[C@@H]3O)c2C1.Cc1ccnc2c1c(F)cn2[C@@H]1C[C@H](Oc2cc(C#N)cc3c2CNCC3)[C@@H](O)[C@H]1O.Nc1ccnc2c1c(F)cn2[C@@H]1C[C@H](Oc2cccc3c2CCNC3)[C@@H](O)[C@H]1O. The highest BCUT2D eigenvalue weighted by atomic mass is 19.3. The molecule has 28 nitrogen and oxygen atoms in total. The lowest BCUT2D eigenvalue weighted by molar-refractivity contribution is -0.0171. The number of halogens is 6. The number of nitriles is 1. The first-order valence-electron chi connectivity index (χ1n) is 40.7. The maximum atomic E-state index is 14.6. The Balaban J connectivity index is 0.000000116. The van der Waals surface area contributed by atoms with Gasteiger partial charge in [0.2, 0.25) is 0 Å². The van der Waals surface area contributed by atoms with Crippen molar-refractivity contribution >= 4 is 61.2 Å². The molecule has 0 radical (unpaired) electrons. The van der Waals surface area contributed by atoms with Crippen LogP contribution >= 0.6 is 0 Å². The monoisotopic (exact) mass is 1680 g/mol. The van der Waals surface area contributed by atoms with Gasteiger partial charge in [-0.15, -0.1) is 0 Å². The molecular weight excluding hydrogens is 1590 g/mol. The van der Waals surface area contributed by atoms with Crippen LogP contribution in [0.4, 0.5) is 43.4 Å². The van der Waals surface area contributed by atoms with Gasteiger partial charge in [0.05, 0.1) is 57.3 Å². The number of nitrogens with zero attached hydrogens (tertiary/aromatic N) is 10. The zero-order valence-electron chi connectivity index (χ0n) is 66.7. The highest BCUT2D eigenvalue weighted by molar-refractivity contribution is 5.91. The number of aromatic nitrogens is 8. The first kappa shape index (κ1) is 83.1. The van der Waals surface area contributed by atoms with Gasteiger partial charge >= 0.3 is 0 Å². The topological polar surface area (TPSA) is 411 Å². The predicted molar refractivity (Wildman–Crippen MR) is 439 cm³/mol. The van der Waals surface area contributed by atoms with Gasteiger partial charge in [-0.3, -0.25) is 4.90 Å². The van der Waals surface area contributed by atoms with E-state index in [2.05, 4.69) is 59.0 Å². The highest BCUT2D eigenvalue weighted by Crippen LogP contribution is 2.46. The molecular formula is C88H94F6N16O12. The average Bonchev–Trinajstić information content (AvgIpc) is 1.65. The van der Waals surface area contributed by atoms with Crippen molar-refractivity contribution < 1.29 is 86.1 Å². The predicted octanol–water partition coefficient (Wildman–Crippen LogP) is 8.08. The second kappa shape index (κ2) is 33.6. The molecule has 4 aromatic carbocycles. The number of nitrogen functional groups attached to an aromatic ring is 3. The van der Waals surface area contributed by atoms with Gasteiger partial charge in [-0.05, 0) is 147 Å². The minimum Gasteiger partial charge on any atom is -0.487 e. The van der Waals surface area contributed by atoms with E-state index in [1.165, 1.54) is 89.4 Å². The van der Waals surface area contributed by atoms with E-state index in [-0.39, 0.29) is 63.0 Å². The molecule has 0 unspecified atom stereocenters. The molecule has 4 saturated carbocycles. The number of aliphatic hydroxyl groups excluding tert-OH is 8. The van der Waals surface area contributed by atoms with Crippen LogP contribution in [0.5, 0.6) is 23.0 Å². The summed E-state index contributed by atoms with van der Waals surface area (Å²) in [4.78, 5) is 19.1. The molecule has 640 valence electrons. The van der Waals surface area contributed by atoms with Gasteiger partial charge in [0.1, 0.15) is 119 Å². The van der Waals surface area contributed by atoms with Gasteiger partial charge in [0, 0.05) is 154 Å². The fraction of sp³-hybridized carbons (Fsp3) is 0.398. The summed E-state index contributed by atoms with van der Waals surface area (Å²) in [5.74, 6) is -2.81. The summed E-state index contributed by atoms with van der Waals surface area (Å²) >= 11 is 0. The normalized spacial score (nSPS) is 26.0. The molecule has 0 saturated heterocycles. The second-order valence-corrected chi connectivity index (χ2v) is 32.9. The number of pyridine rings is 4. The molecule has 12 aromatic rings. The van der Waals surface area contributed by atoms with E-state index in [1.54, 1.807) is 32.0 Å². The van der Waals surface area contributed by atoms with Crippen molar-refractivity contribution in [3.05, 3.63) is 219 Å². The van der Waals surface area contributed by atoms with Crippen molar-refractivity contribution in [2.24, 2.45) is 0 Å². The molecule has 0 amide bonds. The van der Waals surface area contributed by atoms with Gasteiger partial charge in [-0.25, -0.2) is 46.3 Å². The van der Waals surface area contributed by atoms with Crippen molar-refractivity contribution in [3.63, 3.8) is 0 Å². The Bertz CT molecular complexity index is 6000. The Morgan fingerprint density at radius 2 is 0.811 bits per heavy atom. The number of nitrogens with two attached hydrogens (primary N) is 3. The lowest BCUT2D eigenvalue weighted by Gasteiger charge is -2.26. The minimum atomic E-state index is -3.05. The number of alkyl halides is 2. The molecule has 16 atom stereocenters. The van der Waals surface area contributed by atoms with E-state index in [9.17, 15) is 72.5 Å². The number of hydrogen-bond donors (Lipinski definition) is 14. The summed E-state index contributed by atoms with van der Waals surface area (Å²) in [6.07, 6.45) is 2.26. The van der Waals surface area contributed by atoms with Crippen molar-refractivity contribution in [2.45, 2.75) is 195 Å². The van der Waals surface area contributed by atoms with E-state index in [0.717, 1.165) is 103 Å². The smallest absolute Gasteiger partial charge is 0.270 e. The third kappa shape index (κ3) is 15.5. The Morgan fingerprint density at radius 1 is 0.434 bits per heavy atom. The molecule has 0 spiro atoms. The van der Waals surface area contributed by atoms with Crippen LogP contribution in [0.1, 0.15) is 118 Å². The number of rotatable bonds is 13. The van der Waals surface area contributed by atoms with E-state index in [1.807, 2.05) is 44.3 Å². The van der Waals surface area contributed by atoms with E-state index >= 15 is 0 Å². The lowest BCUT2D eigenvalue weighted by Crippen LogP contribution is -2.35. The Labute approximate surface area is 695 Å². The van der Waals surface area contributed by atoms with Crippen LogP contribution < -0.4 is 52.1 Å². The van der Waals surface area contributed by atoms with Gasteiger partial charge in [0.25, 0.3) is 5.92 Å². The van der Waals surface area contributed by atoms with E-state index in [0.29, 0.717) is 72.5 Å². The molecule has 12 heterocycles. The van der Waals surface area contributed by atoms with Crippen molar-refractivity contribution in [2.75, 3.05) is 43.9 Å². The molecule has 20 rings (SSSR count). The third-order valence-corrected chi connectivity index (χ3v) is 25.1. The molecule has 34 heteroatoms. The quantitative estimate of drug-likeness (QED) is 0.0485. The van der Waals surface area contributed by atoms with Crippen molar-refractivity contribution in [1.29, 1.82) is 5.26 Å². The van der Waals surface area contributed by atoms with Crippen LogP contribution in [0.15, 0.2) is 135 Å². The number of hydrogen-bond acceptors (Lipinski definition) is 24. The molecule has 8 aliphatic rings. The molecule has 4 aliphatic carbocycles. The van der Waals surface area contributed by atoms with Crippen LogP contribution in [0.25, 0.3) is 44.1 Å². The molecule has 17 N–H and O–H groups in total. The highest BCUT2D eigenvalue weighted by Gasteiger charge is 2.50. The fourth-order valence-corrected chi connectivity index (χ4v) is 18.8. The zero-order chi connectivity index (χ0) is 85.6. The first-order valence-corrected chi connectivity index (χ1v) is 40.7. The lowest BCUT2D eigenvalue weighted by atomic mass is 9.95. The number of fused-ring (bicyclic) bond motifs is 8. The summed E-state index contributed by atoms with van der Waals surface area (Å²) in [5.41, 5.74) is 29.1. The number of aliphatic hydroxyl groups is 8. The maximum absolute atomic E-state index is 14.6. The molecule has 122 heavy (non-hydrogen) atoms. The standard InChI is InChI=1S/C23H25F3N4O3.C23H23FN4O3.2C21H23FN4O3/c1-23(25,26)12-6-11-2-4-28-9-13(11)17(7-12)33-18-8-16(20(31)21(18)32)30-10-14(24)19-15(27)3-5-29-22(19)30;1-12-2-5-27-23-20(12)16(24)11-28(23)17-8-19(22(30)21(17)29)31-18-7-13(9-25)6-14-3-4-26-10-15(14)18;1-25-8-11-3-2-4-16(12(11)9-25)29-17-7-15(19(27)20(17)28)26-10-13(22)18-14(23)5-6-24-21(18)26;22-13-10-26(21-18(13)14(23)5-7-25-21)15-8-17(20(28)19(15)27)29-16-3-1-2-11-9-24-6-4-12(11)16/h3,5-7,10,16,18,20-21,28,31-32H,2,4,8-9H2,1H3,(H2,27,29);2,5-7,11,17,19,21-22,26,29-30H,3-4,8,10H2,1H3;2-6,10,15,17,19-20,27-28H,7-9H2,1H3,(H2,23,24);1-3,5,7,10,15,17,19-20,24,27-28H,4,6,8-9H2,(H2,23,25)/t16-,18+,20+,21-;17-,19+,21+,22-;2*15-,17+,19+,20-/m1111/s1. The van der Waals surface area contributed by atoms with Crippen LogP contribution in [0.3, 0.4) is 0 Å². The molecule has 8 aromatic heterocycles. The number of benzene rings is 4. The van der Waals surface area contributed by atoms with Crippen LogP contribution in [0.2, 0.25) is 0 Å². The summed E-state index contributed by atoms with van der Waals surface area (Å²) < 4.78 is 117. The van der Waals surface area contributed by atoms with Crippen LogP contribution in [-0.4, -0.2) is 184 Å². The van der Waals surface area contributed by atoms with E-state index in [4.69, 9.17) is 36.1 Å². The summed E-state index contributed by atoms with van der Waals surface area (Å²) in [6.45, 7) is 8.47. The van der Waals surface area contributed by atoms with Crippen LogP contribution in [-0.2, 0) is 57.9 Å². The zero-order valence-corrected chi connectivity index (χ0v) is 66.7. The Hall–Kier alpha value is -11.2. The summed E-state index contributed by atoms with van der Waals surface area (Å²) in [5, 5.41) is 106. The number of ether oxygens (including phenoxy) is 4. The minimum absolute atomic E-state index is 0.122. The van der Waals surface area contributed by atoms with E-state index < -0.39 is 127 Å². The number of anilines is 3. The number of aryl methyl sites for hydroxylation is 1. The first-order chi connectivity index (χ1) is 58.6. The largest absolute Gasteiger partial charge is 0.487 e. The van der Waals surface area contributed by atoms with Gasteiger partial charge < -0.3 is 111 Å². The third-order valence-electron chi connectivity index (χ3n) is 25.1. The van der Waals surface area contributed by atoms with Crippen LogP contribution in [0, 0.1) is 41.5 Å². The molecule has 4 fully saturated rings. The summed E-state index contributed by atoms with van der Waals surface area (Å²) in [7, 11) is 2.04. The fourth-order valence-electron chi connectivity index (χ4n) is 18.8. The van der Waals surface area contributed by atoms with Crippen molar-refractivity contribution in [3.8, 4) is 29.1 Å². The van der Waals surface area contributed by atoms with Crippen molar-refractivity contribution in [1.82, 2.24) is 59.1 Å². The summed E-state index contributed by atoms with van der Waals surface area (Å²) in [6, 6.07) is 24.1. The van der Waals surface area contributed by atoms with Gasteiger partial charge in [-0.2, -0.15) is 5.26 Å². The van der Waals surface area contributed by atoms with Gasteiger partial charge in [0.15, 0.2) is 23.3 Å². The maximum Gasteiger partial charge on any atom is 0.270 e. The molecule has 0 bridgehead atoms.